The van der Waals surface area contributed by atoms with Crippen molar-refractivity contribution in [1.82, 2.24) is 9.55 Å². The number of anilines is 1. The number of benzene rings is 3. The highest BCUT2D eigenvalue weighted by Crippen LogP contribution is 2.48. The molecule has 0 spiro atoms. The molecule has 1 heterocycles. The molecule has 1 aromatic heterocycles. The first-order valence-corrected chi connectivity index (χ1v) is 11.9. The minimum atomic E-state index is -0.760. The van der Waals surface area contributed by atoms with Gasteiger partial charge in [-0.1, -0.05) is 78.9 Å². The smallest absolute Gasteiger partial charge is 0.413 e. The normalized spacial score (nSPS) is 13.6. The molecule has 188 valence electrons. The van der Waals surface area contributed by atoms with Gasteiger partial charge in [-0.15, -0.1) is 0 Å². The van der Waals surface area contributed by atoms with E-state index in [1.54, 1.807) is 11.6 Å². The molecule has 2 N–H and O–H groups in total. The van der Waals surface area contributed by atoms with E-state index in [1.807, 2.05) is 78.9 Å². The second-order valence-corrected chi connectivity index (χ2v) is 9.08. The molecule has 1 aliphatic rings. The number of rotatable bonds is 8. The van der Waals surface area contributed by atoms with Gasteiger partial charge in [-0.05, 0) is 35.1 Å². The zero-order valence-electron chi connectivity index (χ0n) is 20.6. The molecule has 0 bridgehead atoms. The number of carbonyl (C=O) groups excluding carboxylic acids is 1. The zero-order valence-corrected chi connectivity index (χ0v) is 20.6. The maximum absolute atomic E-state index is 12.6. The van der Waals surface area contributed by atoms with Gasteiger partial charge in [0.25, 0.3) is 6.01 Å². The van der Waals surface area contributed by atoms with Crippen molar-refractivity contribution in [3.63, 3.8) is 0 Å². The van der Waals surface area contributed by atoms with Gasteiger partial charge in [0.1, 0.15) is 18.1 Å². The summed E-state index contributed by atoms with van der Waals surface area (Å²) in [4.78, 5) is 28.7. The zero-order chi connectivity index (χ0) is 26.0. The molecule has 1 aliphatic carbocycles. The van der Waals surface area contributed by atoms with Gasteiger partial charge >= 0.3 is 12.1 Å². The molecule has 0 aliphatic heterocycles. The van der Waals surface area contributed by atoms with Crippen LogP contribution in [0.2, 0.25) is 0 Å². The van der Waals surface area contributed by atoms with E-state index in [1.165, 1.54) is 7.11 Å². The van der Waals surface area contributed by atoms with E-state index in [9.17, 15) is 14.7 Å². The van der Waals surface area contributed by atoms with Crippen LogP contribution in [0.25, 0.3) is 22.4 Å². The van der Waals surface area contributed by atoms with Crippen molar-refractivity contribution in [2.75, 3.05) is 12.4 Å². The first kappa shape index (κ1) is 24.1. The summed E-state index contributed by atoms with van der Waals surface area (Å²) < 4.78 is 12.4. The number of imidazole rings is 1. The van der Waals surface area contributed by atoms with E-state index in [0.29, 0.717) is 30.4 Å². The summed E-state index contributed by atoms with van der Waals surface area (Å²) in [7, 11) is 3.27. The van der Waals surface area contributed by atoms with Gasteiger partial charge in [-0.25, -0.2) is 4.79 Å². The van der Waals surface area contributed by atoms with Gasteiger partial charge in [-0.3, -0.25) is 14.7 Å². The van der Waals surface area contributed by atoms with E-state index >= 15 is 0 Å². The minimum Gasteiger partial charge on any atom is -0.481 e. The van der Waals surface area contributed by atoms with Crippen molar-refractivity contribution in [2.24, 2.45) is 7.05 Å². The van der Waals surface area contributed by atoms with Crippen LogP contribution in [0.15, 0.2) is 78.9 Å². The van der Waals surface area contributed by atoms with Crippen molar-refractivity contribution in [1.29, 1.82) is 0 Å². The maximum atomic E-state index is 12.6. The first-order chi connectivity index (χ1) is 17.9. The summed E-state index contributed by atoms with van der Waals surface area (Å²) in [6, 6.07) is 25.3. The van der Waals surface area contributed by atoms with Crippen LogP contribution in [0.5, 0.6) is 6.01 Å². The summed E-state index contributed by atoms with van der Waals surface area (Å²) in [6.45, 7) is 0.151. The predicted molar refractivity (Wildman–Crippen MR) is 139 cm³/mol. The number of carboxylic acid groups (broad SMARTS) is 1. The molecule has 4 aromatic rings. The molecular formula is C29H27N3O5. The predicted octanol–water partition coefficient (Wildman–Crippen LogP) is 5.63. The standard InChI is InChI=1S/C29H27N3O5/c1-32-25(31-28(35)37-18-19-6-4-3-5-7-19)24(30-27(32)36-2)22-10-8-20(9-11-22)21-12-14-23(15-13-21)29(16-17-29)26(33)34/h3-15H,16-18H2,1-2H3,(H,31,35)(H,33,34). The largest absolute Gasteiger partial charge is 0.481 e. The molecule has 1 amide bonds. The van der Waals surface area contributed by atoms with Gasteiger partial charge in [0.2, 0.25) is 0 Å². The molecule has 1 fully saturated rings. The highest BCUT2D eigenvalue weighted by atomic mass is 16.5. The number of ether oxygens (including phenoxy) is 2. The number of nitrogens with one attached hydrogen (secondary N) is 1. The van der Waals surface area contributed by atoms with Gasteiger partial charge in [-0.2, -0.15) is 4.98 Å². The molecule has 0 atom stereocenters. The fourth-order valence-electron chi connectivity index (χ4n) is 4.41. The number of carbonyl (C=O) groups is 2. The van der Waals surface area contributed by atoms with Crippen LogP contribution in [0.3, 0.4) is 0 Å². The third kappa shape index (κ3) is 4.78. The Bertz CT molecular complexity index is 1420. The second kappa shape index (κ2) is 9.81. The minimum absolute atomic E-state index is 0.151. The summed E-state index contributed by atoms with van der Waals surface area (Å²) >= 11 is 0. The molecule has 3 aromatic carbocycles. The topological polar surface area (TPSA) is 103 Å². The van der Waals surface area contributed by atoms with E-state index in [-0.39, 0.29) is 6.61 Å². The molecule has 5 rings (SSSR count). The quantitative estimate of drug-likeness (QED) is 0.327. The number of hydrogen-bond acceptors (Lipinski definition) is 5. The van der Waals surface area contributed by atoms with Crippen molar-refractivity contribution < 1.29 is 24.2 Å². The van der Waals surface area contributed by atoms with Gasteiger partial charge in [0.15, 0.2) is 0 Å². The van der Waals surface area contributed by atoms with Crippen LogP contribution < -0.4 is 10.1 Å². The average molecular weight is 498 g/mol. The van der Waals surface area contributed by atoms with E-state index in [4.69, 9.17) is 9.47 Å². The number of aromatic nitrogens is 2. The lowest BCUT2D eigenvalue weighted by atomic mass is 9.93. The molecule has 1 saturated carbocycles. The number of aliphatic carboxylic acids is 1. The van der Waals surface area contributed by atoms with Gasteiger partial charge in [0, 0.05) is 12.6 Å². The van der Waals surface area contributed by atoms with Crippen LogP contribution in [-0.2, 0) is 28.6 Å². The van der Waals surface area contributed by atoms with Crippen molar-refractivity contribution in [2.45, 2.75) is 24.9 Å². The molecule has 37 heavy (non-hydrogen) atoms. The monoisotopic (exact) mass is 497 g/mol. The molecule has 8 nitrogen and oxygen atoms in total. The van der Waals surface area contributed by atoms with Crippen molar-refractivity contribution in [3.05, 3.63) is 90.0 Å². The lowest BCUT2D eigenvalue weighted by molar-refractivity contribution is -0.140. The Morgan fingerprint density at radius 1 is 0.946 bits per heavy atom. The van der Waals surface area contributed by atoms with Crippen LogP contribution in [0.4, 0.5) is 10.6 Å². The Morgan fingerprint density at radius 3 is 2.11 bits per heavy atom. The van der Waals surface area contributed by atoms with Gasteiger partial charge in [0.05, 0.1) is 12.5 Å². The fourth-order valence-corrected chi connectivity index (χ4v) is 4.41. The van der Waals surface area contributed by atoms with E-state index < -0.39 is 17.5 Å². The summed E-state index contributed by atoms with van der Waals surface area (Å²) in [5, 5.41) is 12.3. The Labute approximate surface area is 214 Å². The second-order valence-electron chi connectivity index (χ2n) is 9.08. The van der Waals surface area contributed by atoms with Gasteiger partial charge < -0.3 is 14.6 Å². The van der Waals surface area contributed by atoms with Crippen molar-refractivity contribution in [3.8, 4) is 28.4 Å². The highest BCUT2D eigenvalue weighted by molar-refractivity contribution is 5.89. The Kier molecular flexibility index (Phi) is 6.40. The molecule has 0 saturated heterocycles. The fraction of sp³-hybridized carbons (Fsp3) is 0.207. The number of carboxylic acids is 1. The lowest BCUT2D eigenvalue weighted by Gasteiger charge is -2.12. The van der Waals surface area contributed by atoms with Crippen LogP contribution in [0, 0.1) is 0 Å². The highest BCUT2D eigenvalue weighted by Gasteiger charge is 2.51. The van der Waals surface area contributed by atoms with Crippen LogP contribution in [0.1, 0.15) is 24.0 Å². The summed E-state index contributed by atoms with van der Waals surface area (Å²) in [5.41, 5.74) is 4.32. The molecular weight excluding hydrogens is 470 g/mol. The Morgan fingerprint density at radius 2 is 1.54 bits per heavy atom. The summed E-state index contributed by atoms with van der Waals surface area (Å²) in [5.74, 6) is -0.306. The van der Waals surface area contributed by atoms with E-state index in [2.05, 4.69) is 10.3 Å². The maximum Gasteiger partial charge on any atom is 0.413 e. The molecule has 0 unspecified atom stereocenters. The third-order valence-electron chi connectivity index (χ3n) is 6.76. The average Bonchev–Trinajstić information content (AvgIpc) is 3.69. The van der Waals surface area contributed by atoms with Crippen LogP contribution >= 0.6 is 0 Å². The first-order valence-electron chi connectivity index (χ1n) is 11.9. The number of nitrogens with zero attached hydrogens (tertiary/aromatic N) is 2. The van der Waals surface area contributed by atoms with E-state index in [0.717, 1.165) is 27.8 Å². The van der Waals surface area contributed by atoms with Crippen LogP contribution in [-0.4, -0.2) is 33.8 Å². The van der Waals surface area contributed by atoms with Crippen molar-refractivity contribution >= 4 is 17.9 Å². The number of methoxy groups -OCH3 is 1. The molecule has 8 heteroatoms. The molecule has 0 radical (unpaired) electrons. The number of amides is 1. The summed E-state index contributed by atoms with van der Waals surface area (Å²) in [6.07, 6.45) is 0.766. The Balaban J connectivity index is 1.34. The third-order valence-corrected chi connectivity index (χ3v) is 6.76. The number of hydrogen-bond donors (Lipinski definition) is 2. The SMILES string of the molecule is COc1nc(-c2ccc(-c3ccc(C4(C(=O)O)CC4)cc3)cc2)c(NC(=O)OCc2ccccc2)n1C. The Hall–Kier alpha value is -4.59. The lowest BCUT2D eigenvalue weighted by Crippen LogP contribution is -2.19.